The van der Waals surface area contributed by atoms with Crippen molar-refractivity contribution in [1.82, 2.24) is 20.9 Å². The zero-order chi connectivity index (χ0) is 33.7. The van der Waals surface area contributed by atoms with E-state index < -0.39 is 66.3 Å². The quantitative estimate of drug-likeness (QED) is 0.0924. The van der Waals surface area contributed by atoms with E-state index in [1.165, 1.54) is 0 Å². The Hall–Kier alpha value is -3.50. The van der Waals surface area contributed by atoms with E-state index in [0.29, 0.717) is 32.8 Å². The van der Waals surface area contributed by atoms with E-state index in [9.17, 15) is 33.9 Å². The van der Waals surface area contributed by atoms with Crippen LogP contribution in [-0.4, -0.2) is 123 Å². The lowest BCUT2D eigenvalue weighted by Gasteiger charge is -2.28. The highest BCUT2D eigenvalue weighted by Gasteiger charge is 2.30. The lowest BCUT2D eigenvalue weighted by atomic mass is 10.0. The molecule has 2 atom stereocenters. The van der Waals surface area contributed by atoms with Crippen molar-refractivity contribution in [3.63, 3.8) is 0 Å². The number of hydrogen-bond acceptors (Lipinski definition) is 10. The number of amides is 5. The number of nitrogens with two attached hydrogens (primary N) is 1. The van der Waals surface area contributed by atoms with Gasteiger partial charge in [0.15, 0.2) is 0 Å². The van der Waals surface area contributed by atoms with Crippen molar-refractivity contribution in [2.75, 3.05) is 59.3 Å². The van der Waals surface area contributed by atoms with Crippen LogP contribution in [0.15, 0.2) is 0 Å². The number of carbonyl (C=O) groups is 6. The highest BCUT2D eigenvalue weighted by molar-refractivity contribution is 5.94. The van der Waals surface area contributed by atoms with Crippen LogP contribution < -0.4 is 21.7 Å². The first-order chi connectivity index (χ1) is 20.6. The number of hydrogen-bond donors (Lipinski definition) is 5. The zero-order valence-electron chi connectivity index (χ0n) is 26.8. The number of alkyl carbamates (subject to hydrolysis) is 1. The average molecular weight is 634 g/mol. The molecule has 0 saturated heterocycles. The van der Waals surface area contributed by atoms with Crippen molar-refractivity contribution >= 4 is 35.7 Å². The Balaban J connectivity index is 4.47. The first kappa shape index (κ1) is 40.5. The van der Waals surface area contributed by atoms with Crippen molar-refractivity contribution in [1.29, 1.82) is 0 Å². The standard InChI is InChI=1S/C28H51N5O11/c1-7-10-33(18-23(36)32-24(19(2)3)26(38)39)25(37)20(17-21(29)34)31-22(35)8-11-41-13-15-43-16-14-42-12-9-30-27(40)44-28(4,5)6/h19-20,24H,7-18H2,1-6H3,(H2,29,34)(H,30,40)(H,31,35)(H,32,36)(H,38,39). The minimum atomic E-state index is -1.30. The summed E-state index contributed by atoms with van der Waals surface area (Å²) in [4.78, 5) is 73.8. The smallest absolute Gasteiger partial charge is 0.407 e. The molecule has 0 aromatic carbocycles. The van der Waals surface area contributed by atoms with Crippen molar-refractivity contribution in [2.24, 2.45) is 11.7 Å². The van der Waals surface area contributed by atoms with Crippen LogP contribution in [0.3, 0.4) is 0 Å². The Labute approximate surface area is 259 Å². The van der Waals surface area contributed by atoms with Crippen molar-refractivity contribution in [2.45, 2.75) is 78.5 Å². The second-order valence-corrected chi connectivity index (χ2v) is 11.2. The van der Waals surface area contributed by atoms with E-state index in [1.54, 1.807) is 41.5 Å². The van der Waals surface area contributed by atoms with Crippen LogP contribution in [0.1, 0.15) is 60.8 Å². The van der Waals surface area contributed by atoms with Gasteiger partial charge in [-0.05, 0) is 33.1 Å². The van der Waals surface area contributed by atoms with Gasteiger partial charge in [0.05, 0.1) is 52.6 Å². The number of nitrogens with one attached hydrogen (secondary N) is 3. The number of primary amides is 1. The normalized spacial score (nSPS) is 12.6. The third-order valence-corrected chi connectivity index (χ3v) is 5.56. The molecule has 254 valence electrons. The Morgan fingerprint density at radius 2 is 1.43 bits per heavy atom. The molecule has 0 aliphatic heterocycles. The number of carboxylic acids is 1. The van der Waals surface area contributed by atoms with Gasteiger partial charge in [-0.1, -0.05) is 20.8 Å². The van der Waals surface area contributed by atoms with Crippen LogP contribution in [0.2, 0.25) is 0 Å². The van der Waals surface area contributed by atoms with Gasteiger partial charge in [-0.15, -0.1) is 0 Å². The molecule has 6 N–H and O–H groups in total. The SMILES string of the molecule is CCCN(CC(=O)NC(C(=O)O)C(C)C)C(=O)C(CC(N)=O)NC(=O)CCOCCOCCOCCNC(=O)OC(C)(C)C. The molecule has 0 spiro atoms. The van der Waals surface area contributed by atoms with E-state index in [4.69, 9.17) is 24.7 Å². The lowest BCUT2D eigenvalue weighted by molar-refractivity contribution is -0.144. The Bertz CT molecular complexity index is 924. The number of carboxylic acid groups (broad SMARTS) is 1. The van der Waals surface area contributed by atoms with E-state index in [1.807, 2.05) is 0 Å². The van der Waals surface area contributed by atoms with Gasteiger partial charge in [0, 0.05) is 19.5 Å². The molecule has 2 unspecified atom stereocenters. The first-order valence-corrected chi connectivity index (χ1v) is 14.7. The van der Waals surface area contributed by atoms with Crippen LogP contribution in [0.4, 0.5) is 4.79 Å². The Morgan fingerprint density at radius 1 is 0.864 bits per heavy atom. The maximum absolute atomic E-state index is 13.2. The van der Waals surface area contributed by atoms with Gasteiger partial charge in [-0.2, -0.15) is 0 Å². The second-order valence-electron chi connectivity index (χ2n) is 11.2. The molecule has 0 fully saturated rings. The van der Waals surface area contributed by atoms with Crippen LogP contribution in [0.25, 0.3) is 0 Å². The molecule has 16 nitrogen and oxygen atoms in total. The van der Waals surface area contributed by atoms with Crippen molar-refractivity contribution < 1.29 is 52.8 Å². The molecule has 0 radical (unpaired) electrons. The van der Waals surface area contributed by atoms with Crippen molar-refractivity contribution in [3.8, 4) is 0 Å². The summed E-state index contributed by atoms with van der Waals surface area (Å²) >= 11 is 0. The number of nitrogens with zero attached hydrogens (tertiary/aromatic N) is 1. The summed E-state index contributed by atoms with van der Waals surface area (Å²) in [6, 6.07) is -2.44. The molecule has 0 aliphatic carbocycles. The summed E-state index contributed by atoms with van der Waals surface area (Å²) in [6.07, 6.45) is -0.644. The van der Waals surface area contributed by atoms with E-state index >= 15 is 0 Å². The molecule has 0 saturated carbocycles. The number of carbonyl (C=O) groups excluding carboxylic acids is 5. The van der Waals surface area contributed by atoms with Gasteiger partial charge in [0.2, 0.25) is 23.6 Å². The van der Waals surface area contributed by atoms with Gasteiger partial charge in [0.25, 0.3) is 0 Å². The largest absolute Gasteiger partial charge is 0.480 e. The van der Waals surface area contributed by atoms with E-state index in [0.717, 1.165) is 4.90 Å². The molecule has 0 aliphatic rings. The fourth-order valence-electron chi connectivity index (χ4n) is 3.58. The number of aliphatic carboxylic acids is 1. The van der Waals surface area contributed by atoms with Crippen molar-refractivity contribution in [3.05, 3.63) is 0 Å². The molecule has 0 rings (SSSR count). The van der Waals surface area contributed by atoms with Crippen LogP contribution >= 0.6 is 0 Å². The van der Waals surface area contributed by atoms with Gasteiger partial charge >= 0.3 is 12.1 Å². The molecule has 0 bridgehead atoms. The minimum absolute atomic E-state index is 0.0202. The molecular formula is C28H51N5O11. The molecule has 44 heavy (non-hydrogen) atoms. The second kappa shape index (κ2) is 22.1. The summed E-state index contributed by atoms with van der Waals surface area (Å²) in [7, 11) is 0. The van der Waals surface area contributed by atoms with Gasteiger partial charge in [-0.3, -0.25) is 19.2 Å². The molecular weight excluding hydrogens is 582 g/mol. The van der Waals surface area contributed by atoms with Gasteiger partial charge in [-0.25, -0.2) is 9.59 Å². The third kappa shape index (κ3) is 20.4. The third-order valence-electron chi connectivity index (χ3n) is 5.56. The first-order valence-electron chi connectivity index (χ1n) is 14.7. The number of rotatable bonds is 23. The van der Waals surface area contributed by atoms with Gasteiger partial charge < -0.3 is 50.6 Å². The predicted octanol–water partition coefficient (Wildman–Crippen LogP) is -0.225. The number of ether oxygens (including phenoxy) is 4. The van der Waals surface area contributed by atoms with Crippen LogP contribution in [0, 0.1) is 5.92 Å². The van der Waals surface area contributed by atoms with E-state index in [-0.39, 0.29) is 38.7 Å². The summed E-state index contributed by atoms with van der Waals surface area (Å²) in [5, 5.41) is 16.7. The van der Waals surface area contributed by atoms with Crippen LogP contribution in [-0.2, 0) is 42.9 Å². The van der Waals surface area contributed by atoms with Crippen LogP contribution in [0.5, 0.6) is 0 Å². The topological polar surface area (TPSA) is 225 Å². The summed E-state index contributed by atoms with van der Waals surface area (Å²) in [5.74, 6) is -4.36. The summed E-state index contributed by atoms with van der Waals surface area (Å²) < 4.78 is 21.2. The summed E-state index contributed by atoms with van der Waals surface area (Å²) in [5.41, 5.74) is 4.71. The fraction of sp³-hybridized carbons (Fsp3) is 0.786. The zero-order valence-corrected chi connectivity index (χ0v) is 26.8. The Morgan fingerprint density at radius 3 is 1.93 bits per heavy atom. The molecule has 16 heteroatoms. The Kier molecular flexibility index (Phi) is 20.3. The fourth-order valence-corrected chi connectivity index (χ4v) is 3.58. The maximum atomic E-state index is 13.2. The highest BCUT2D eigenvalue weighted by Crippen LogP contribution is 2.07. The lowest BCUT2D eigenvalue weighted by Crippen LogP contribution is -2.54. The minimum Gasteiger partial charge on any atom is -0.480 e. The van der Waals surface area contributed by atoms with E-state index in [2.05, 4.69) is 16.0 Å². The molecule has 0 aromatic heterocycles. The summed E-state index contributed by atoms with van der Waals surface area (Å²) in [6.45, 7) is 11.7. The molecule has 0 aromatic rings. The predicted molar refractivity (Wildman–Crippen MR) is 158 cm³/mol. The van der Waals surface area contributed by atoms with Gasteiger partial charge in [0.1, 0.15) is 17.7 Å². The highest BCUT2D eigenvalue weighted by atomic mass is 16.6. The molecule has 5 amide bonds. The average Bonchev–Trinajstić information content (AvgIpc) is 2.89. The maximum Gasteiger partial charge on any atom is 0.407 e. The molecule has 0 heterocycles. The monoisotopic (exact) mass is 633 g/mol.